The highest BCUT2D eigenvalue weighted by Crippen LogP contribution is 2.30. The molecule has 4 rings (SSSR count). The maximum Gasteiger partial charge on any atom is 0.471 e. The number of carbonyl (C=O) groups is 1. The van der Waals surface area contributed by atoms with Crippen LogP contribution in [0.1, 0.15) is 27.4 Å². The number of ether oxygens (including phenoxy) is 1. The summed E-state index contributed by atoms with van der Waals surface area (Å²) >= 11 is 0. The number of hydrogen-bond acceptors (Lipinski definition) is 7. The summed E-state index contributed by atoms with van der Waals surface area (Å²) in [6, 6.07) is 8.14. The largest absolute Gasteiger partial charge is 0.471 e. The first-order valence-electron chi connectivity index (χ1n) is 9.74. The molecule has 0 atom stereocenters. The second-order valence-electron chi connectivity index (χ2n) is 7.11. The van der Waals surface area contributed by atoms with Gasteiger partial charge in [0.1, 0.15) is 0 Å². The molecule has 0 bridgehead atoms. The van der Waals surface area contributed by atoms with E-state index < -0.39 is 18.0 Å². The molecule has 33 heavy (non-hydrogen) atoms. The van der Waals surface area contributed by atoms with Gasteiger partial charge in [-0.3, -0.25) is 4.79 Å². The van der Waals surface area contributed by atoms with Crippen molar-refractivity contribution in [1.29, 1.82) is 0 Å². The Hall–Kier alpha value is -3.77. The van der Waals surface area contributed by atoms with Gasteiger partial charge in [0.15, 0.2) is 0 Å². The lowest BCUT2D eigenvalue weighted by atomic mass is 10.1. The number of aliphatic hydroxyl groups is 1. The number of pyridine rings is 1. The predicted octanol–water partition coefficient (Wildman–Crippen LogP) is 3.47. The Labute approximate surface area is 184 Å². The van der Waals surface area contributed by atoms with E-state index in [1.165, 1.54) is 22.8 Å². The number of hydrogen-bond donors (Lipinski definition) is 2. The normalized spacial score (nSPS) is 11.8. The Balaban J connectivity index is 1.55. The number of anilines is 1. The fourth-order valence-electron chi connectivity index (χ4n) is 3.08. The number of alkyl halides is 3. The summed E-state index contributed by atoms with van der Waals surface area (Å²) in [6.07, 6.45) is -1.62. The number of fused-ring (bicyclic) bond motifs is 1. The molecule has 3 heterocycles. The molecule has 0 saturated heterocycles. The van der Waals surface area contributed by atoms with E-state index in [0.717, 1.165) is 5.56 Å². The van der Waals surface area contributed by atoms with Crippen molar-refractivity contribution in [3.63, 3.8) is 0 Å². The van der Waals surface area contributed by atoms with Crippen LogP contribution in [0.5, 0.6) is 0 Å². The molecule has 4 aromatic rings. The minimum absolute atomic E-state index is 0.0782. The van der Waals surface area contributed by atoms with Crippen LogP contribution in [0, 0.1) is 6.92 Å². The molecular formula is C21H18F3N5O4. The molecule has 0 saturated carbocycles. The van der Waals surface area contributed by atoms with E-state index in [9.17, 15) is 18.0 Å². The molecule has 9 nitrogen and oxygen atoms in total. The lowest BCUT2D eigenvalue weighted by molar-refractivity contribution is -0.159. The van der Waals surface area contributed by atoms with Crippen molar-refractivity contribution in [2.24, 2.45) is 0 Å². The molecule has 0 unspecified atom stereocenters. The third-order valence-corrected chi connectivity index (χ3v) is 4.74. The number of carbonyl (C=O) groups excluding carboxylic acids is 1. The highest BCUT2D eigenvalue weighted by atomic mass is 19.4. The van der Waals surface area contributed by atoms with Gasteiger partial charge in [-0.2, -0.15) is 23.3 Å². The van der Waals surface area contributed by atoms with Crippen molar-refractivity contribution in [3.05, 3.63) is 65.3 Å². The summed E-state index contributed by atoms with van der Waals surface area (Å²) < 4.78 is 49.3. The fraction of sp³-hybridized carbons (Fsp3) is 0.238. The molecule has 0 aliphatic heterocycles. The van der Waals surface area contributed by atoms with Crippen molar-refractivity contribution in [2.75, 3.05) is 18.5 Å². The average molecular weight is 461 g/mol. The van der Waals surface area contributed by atoms with Crippen LogP contribution in [0.15, 0.2) is 47.2 Å². The third kappa shape index (κ3) is 4.86. The number of rotatable bonds is 7. The summed E-state index contributed by atoms with van der Waals surface area (Å²) in [5.74, 6) is -2.14. The molecular weight excluding hydrogens is 443 g/mol. The van der Waals surface area contributed by atoms with Crippen LogP contribution in [0.2, 0.25) is 0 Å². The third-order valence-electron chi connectivity index (χ3n) is 4.74. The number of nitrogens with one attached hydrogen (secondary N) is 1. The molecule has 3 aromatic heterocycles. The van der Waals surface area contributed by atoms with Gasteiger partial charge in [-0.25, -0.2) is 4.52 Å². The molecule has 172 valence electrons. The zero-order chi connectivity index (χ0) is 23.6. The predicted molar refractivity (Wildman–Crippen MR) is 109 cm³/mol. The Kier molecular flexibility index (Phi) is 6.11. The number of aliphatic hydroxyl groups excluding tert-OH is 1. The first-order chi connectivity index (χ1) is 15.8. The van der Waals surface area contributed by atoms with Gasteiger partial charge in [-0.15, -0.1) is 0 Å². The van der Waals surface area contributed by atoms with Crippen LogP contribution in [0.25, 0.3) is 16.9 Å². The molecule has 0 spiro atoms. The van der Waals surface area contributed by atoms with Crippen LogP contribution in [-0.4, -0.2) is 44.0 Å². The van der Waals surface area contributed by atoms with E-state index >= 15 is 0 Å². The first-order valence-corrected chi connectivity index (χ1v) is 9.74. The van der Waals surface area contributed by atoms with Crippen LogP contribution >= 0.6 is 0 Å². The lowest BCUT2D eigenvalue weighted by Crippen LogP contribution is -2.12. The van der Waals surface area contributed by atoms with E-state index in [4.69, 9.17) is 9.84 Å². The molecule has 2 N–H and O–H groups in total. The molecule has 0 aliphatic carbocycles. The standard InChI is InChI=1S/C21H18F3N5O4/c1-12-2-4-14(18-27-20(33-28-18)21(22,23)24)8-16(12)26-19(31)15-9-25-29-10-13(3-5-17(15)29)11-32-7-6-30/h2-5,8-10,30H,6-7,11H2,1H3,(H,26,31). The molecule has 12 heteroatoms. The van der Waals surface area contributed by atoms with Crippen molar-refractivity contribution >= 4 is 17.1 Å². The quantitative estimate of drug-likeness (QED) is 0.405. The van der Waals surface area contributed by atoms with Gasteiger partial charge in [0.2, 0.25) is 5.82 Å². The Morgan fingerprint density at radius 3 is 2.82 bits per heavy atom. The van der Waals surface area contributed by atoms with Crippen molar-refractivity contribution in [2.45, 2.75) is 19.7 Å². The minimum Gasteiger partial charge on any atom is -0.394 e. The maximum atomic E-state index is 12.9. The zero-order valence-electron chi connectivity index (χ0n) is 17.3. The topological polar surface area (TPSA) is 115 Å². The summed E-state index contributed by atoms with van der Waals surface area (Å²) in [5.41, 5.74) is 2.99. The van der Waals surface area contributed by atoms with E-state index in [-0.39, 0.29) is 31.2 Å². The number of amides is 1. The van der Waals surface area contributed by atoms with Crippen LogP contribution in [0.4, 0.5) is 18.9 Å². The Morgan fingerprint density at radius 1 is 1.27 bits per heavy atom. The second kappa shape index (κ2) is 9.00. The van der Waals surface area contributed by atoms with Gasteiger partial charge in [0.25, 0.3) is 5.91 Å². The summed E-state index contributed by atoms with van der Waals surface area (Å²) in [6.45, 7) is 2.16. The van der Waals surface area contributed by atoms with Crippen molar-refractivity contribution in [3.8, 4) is 11.4 Å². The van der Waals surface area contributed by atoms with Crippen LogP contribution < -0.4 is 5.32 Å². The van der Waals surface area contributed by atoms with Gasteiger partial charge in [-0.1, -0.05) is 23.4 Å². The molecule has 1 aromatic carbocycles. The lowest BCUT2D eigenvalue weighted by Gasteiger charge is -2.09. The van der Waals surface area contributed by atoms with Gasteiger partial charge in [0, 0.05) is 17.4 Å². The van der Waals surface area contributed by atoms with E-state index in [1.807, 2.05) is 0 Å². The zero-order valence-corrected chi connectivity index (χ0v) is 17.3. The Bertz CT molecular complexity index is 1300. The van der Waals surface area contributed by atoms with Gasteiger partial charge < -0.3 is 19.7 Å². The molecule has 0 radical (unpaired) electrons. The summed E-state index contributed by atoms with van der Waals surface area (Å²) in [7, 11) is 0. The number of halogens is 3. The average Bonchev–Trinajstić information content (AvgIpc) is 3.42. The summed E-state index contributed by atoms with van der Waals surface area (Å²) in [4.78, 5) is 16.3. The van der Waals surface area contributed by atoms with Gasteiger partial charge >= 0.3 is 12.1 Å². The van der Waals surface area contributed by atoms with Crippen molar-refractivity contribution < 1.29 is 32.3 Å². The van der Waals surface area contributed by atoms with E-state index in [1.54, 1.807) is 31.3 Å². The number of aryl methyl sites for hydroxylation is 1. The monoisotopic (exact) mass is 461 g/mol. The van der Waals surface area contributed by atoms with Gasteiger partial charge in [0.05, 0.1) is 37.1 Å². The molecule has 0 aliphatic rings. The van der Waals surface area contributed by atoms with Crippen LogP contribution in [0.3, 0.4) is 0 Å². The second-order valence-corrected chi connectivity index (χ2v) is 7.11. The number of nitrogens with zero attached hydrogens (tertiary/aromatic N) is 4. The molecule has 0 fully saturated rings. The highest BCUT2D eigenvalue weighted by Gasteiger charge is 2.38. The smallest absolute Gasteiger partial charge is 0.394 e. The van der Waals surface area contributed by atoms with Crippen molar-refractivity contribution in [1.82, 2.24) is 19.8 Å². The maximum absolute atomic E-state index is 12.9. The highest BCUT2D eigenvalue weighted by molar-refractivity contribution is 6.09. The fourth-order valence-corrected chi connectivity index (χ4v) is 3.08. The molecule has 1 amide bonds. The number of benzene rings is 1. The van der Waals surface area contributed by atoms with E-state index in [0.29, 0.717) is 22.3 Å². The number of aromatic nitrogens is 4. The van der Waals surface area contributed by atoms with Crippen LogP contribution in [-0.2, 0) is 17.5 Å². The minimum atomic E-state index is -4.75. The van der Waals surface area contributed by atoms with Gasteiger partial charge in [-0.05, 0) is 30.2 Å². The first kappa shape index (κ1) is 22.4. The van der Waals surface area contributed by atoms with E-state index in [2.05, 4.69) is 25.1 Å². The Morgan fingerprint density at radius 2 is 2.09 bits per heavy atom. The summed E-state index contributed by atoms with van der Waals surface area (Å²) in [5, 5.41) is 19.1. The SMILES string of the molecule is Cc1ccc(-c2noc(C(F)(F)F)n2)cc1NC(=O)c1cnn2cc(COCCO)ccc12.